The van der Waals surface area contributed by atoms with Crippen molar-refractivity contribution in [2.24, 2.45) is 0 Å². The Hall–Kier alpha value is -3.31. The first-order valence-electron chi connectivity index (χ1n) is 12.8. The molecule has 0 aliphatic carbocycles. The van der Waals surface area contributed by atoms with Crippen LogP contribution in [0.25, 0.3) is 0 Å². The van der Waals surface area contributed by atoms with E-state index in [9.17, 15) is 9.59 Å². The molecule has 0 aromatic heterocycles. The summed E-state index contributed by atoms with van der Waals surface area (Å²) < 4.78 is 6.03. The number of aryl methyl sites for hydroxylation is 2. The predicted molar refractivity (Wildman–Crippen MR) is 150 cm³/mol. The first-order valence-corrected chi connectivity index (χ1v) is 13.2. The van der Waals surface area contributed by atoms with Crippen LogP contribution < -0.4 is 10.1 Å². The summed E-state index contributed by atoms with van der Waals surface area (Å²) in [6.45, 7) is 8.67. The molecule has 6 heteroatoms. The SMILES string of the molecule is CCCCNC(=O)[C@@H](Cc1ccccc1)N(Cc1ccccc1Cl)C(=O)COc1cc(C)cc(C)c1C. The van der Waals surface area contributed by atoms with E-state index in [1.807, 2.05) is 75.4 Å². The lowest BCUT2D eigenvalue weighted by Crippen LogP contribution is -2.51. The fourth-order valence-corrected chi connectivity index (χ4v) is 4.44. The molecule has 2 amide bonds. The van der Waals surface area contributed by atoms with Crippen LogP contribution >= 0.6 is 11.6 Å². The smallest absolute Gasteiger partial charge is 0.261 e. The highest BCUT2D eigenvalue weighted by molar-refractivity contribution is 6.31. The zero-order valence-electron chi connectivity index (χ0n) is 22.2. The number of halogens is 1. The van der Waals surface area contributed by atoms with Crippen LogP contribution in [0.4, 0.5) is 0 Å². The number of amides is 2. The van der Waals surface area contributed by atoms with Crippen LogP contribution in [0.15, 0.2) is 66.7 Å². The summed E-state index contributed by atoms with van der Waals surface area (Å²) >= 11 is 6.48. The second-order valence-corrected chi connectivity index (χ2v) is 9.86. The van der Waals surface area contributed by atoms with Gasteiger partial charge in [0.1, 0.15) is 11.8 Å². The summed E-state index contributed by atoms with van der Waals surface area (Å²) in [6.07, 6.45) is 2.23. The normalized spacial score (nSPS) is 11.6. The predicted octanol–water partition coefficient (Wildman–Crippen LogP) is 6.20. The van der Waals surface area contributed by atoms with Crippen LogP contribution in [0.1, 0.15) is 47.6 Å². The van der Waals surface area contributed by atoms with Crippen molar-refractivity contribution in [1.29, 1.82) is 0 Å². The molecule has 0 spiro atoms. The van der Waals surface area contributed by atoms with Crippen LogP contribution in [-0.2, 0) is 22.6 Å². The summed E-state index contributed by atoms with van der Waals surface area (Å²) in [6, 6.07) is 20.5. The molecule has 196 valence electrons. The Morgan fingerprint density at radius 1 is 1.00 bits per heavy atom. The third-order valence-corrected chi connectivity index (χ3v) is 6.88. The molecular formula is C31H37ClN2O3. The lowest BCUT2D eigenvalue weighted by molar-refractivity contribution is -0.142. The van der Waals surface area contributed by atoms with Crippen molar-refractivity contribution in [3.63, 3.8) is 0 Å². The number of carbonyl (C=O) groups is 2. The van der Waals surface area contributed by atoms with Crippen molar-refractivity contribution in [3.8, 4) is 5.75 Å². The molecule has 0 saturated heterocycles. The molecule has 37 heavy (non-hydrogen) atoms. The van der Waals surface area contributed by atoms with E-state index in [4.69, 9.17) is 16.3 Å². The van der Waals surface area contributed by atoms with Crippen LogP contribution in [0.5, 0.6) is 5.75 Å². The van der Waals surface area contributed by atoms with Gasteiger partial charge in [0.15, 0.2) is 6.61 Å². The largest absolute Gasteiger partial charge is 0.483 e. The van der Waals surface area contributed by atoms with Gasteiger partial charge in [-0.2, -0.15) is 0 Å². The maximum atomic E-state index is 13.8. The van der Waals surface area contributed by atoms with E-state index in [-0.39, 0.29) is 25.0 Å². The second-order valence-electron chi connectivity index (χ2n) is 9.46. The molecule has 0 unspecified atom stereocenters. The van der Waals surface area contributed by atoms with E-state index in [1.54, 1.807) is 11.0 Å². The van der Waals surface area contributed by atoms with Gasteiger partial charge >= 0.3 is 0 Å². The Morgan fingerprint density at radius 2 is 1.70 bits per heavy atom. The van der Waals surface area contributed by atoms with Gasteiger partial charge in [-0.25, -0.2) is 0 Å². The molecule has 1 N–H and O–H groups in total. The van der Waals surface area contributed by atoms with E-state index in [2.05, 4.69) is 18.3 Å². The first-order chi connectivity index (χ1) is 17.8. The fourth-order valence-electron chi connectivity index (χ4n) is 4.24. The summed E-state index contributed by atoms with van der Waals surface area (Å²) in [5.74, 6) is 0.223. The zero-order valence-corrected chi connectivity index (χ0v) is 23.0. The van der Waals surface area contributed by atoms with E-state index >= 15 is 0 Å². The highest BCUT2D eigenvalue weighted by Gasteiger charge is 2.31. The molecule has 0 aliphatic rings. The molecule has 3 aromatic rings. The Kier molecular flexibility index (Phi) is 10.6. The topological polar surface area (TPSA) is 58.6 Å². The summed E-state index contributed by atoms with van der Waals surface area (Å²) in [4.78, 5) is 28.8. The molecule has 3 aromatic carbocycles. The summed E-state index contributed by atoms with van der Waals surface area (Å²) in [7, 11) is 0. The number of hydrogen-bond acceptors (Lipinski definition) is 3. The van der Waals surface area contributed by atoms with E-state index in [0.29, 0.717) is 23.7 Å². The first kappa shape index (κ1) is 28.3. The molecular weight excluding hydrogens is 484 g/mol. The monoisotopic (exact) mass is 520 g/mol. The molecule has 0 bridgehead atoms. The molecule has 0 saturated carbocycles. The summed E-state index contributed by atoms with van der Waals surface area (Å²) in [5.41, 5.74) is 4.92. The average Bonchev–Trinajstić information content (AvgIpc) is 2.88. The molecule has 0 heterocycles. The summed E-state index contributed by atoms with van der Waals surface area (Å²) in [5, 5.41) is 3.58. The zero-order chi connectivity index (χ0) is 26.8. The van der Waals surface area contributed by atoms with Crippen molar-refractivity contribution in [2.45, 2.75) is 59.5 Å². The lowest BCUT2D eigenvalue weighted by atomic mass is 10.0. The van der Waals surface area contributed by atoms with Crippen LogP contribution in [-0.4, -0.2) is 35.9 Å². The molecule has 0 radical (unpaired) electrons. The number of carbonyl (C=O) groups excluding carboxylic acids is 2. The van der Waals surface area contributed by atoms with Gasteiger partial charge in [0.05, 0.1) is 0 Å². The molecule has 5 nitrogen and oxygen atoms in total. The number of unbranched alkanes of at least 4 members (excludes halogenated alkanes) is 1. The van der Waals surface area contributed by atoms with Gasteiger partial charge < -0.3 is 15.0 Å². The maximum absolute atomic E-state index is 13.8. The van der Waals surface area contributed by atoms with Gasteiger partial charge in [0, 0.05) is 24.5 Å². The number of benzene rings is 3. The van der Waals surface area contributed by atoms with Crippen LogP contribution in [0.2, 0.25) is 5.02 Å². The van der Waals surface area contributed by atoms with E-state index < -0.39 is 6.04 Å². The average molecular weight is 521 g/mol. The standard InChI is InChI=1S/C31H37ClN2O3/c1-5-6-16-33-31(36)28(19-25-12-8-7-9-13-25)34(20-26-14-10-11-15-27(26)32)30(35)21-37-29-18-22(2)17-23(3)24(29)4/h7-15,17-18,28H,5-6,16,19-21H2,1-4H3,(H,33,36)/t28-/m1/s1. The quantitative estimate of drug-likeness (QED) is 0.289. The van der Waals surface area contributed by atoms with E-state index in [1.165, 1.54) is 0 Å². The third kappa shape index (κ3) is 8.09. The Morgan fingerprint density at radius 3 is 2.41 bits per heavy atom. The fraction of sp³-hybridized carbons (Fsp3) is 0.355. The minimum absolute atomic E-state index is 0.179. The molecule has 3 rings (SSSR count). The van der Waals surface area contributed by atoms with Gasteiger partial charge in [0.2, 0.25) is 5.91 Å². The van der Waals surface area contributed by atoms with Crippen molar-refractivity contribution >= 4 is 23.4 Å². The number of nitrogens with one attached hydrogen (secondary N) is 1. The molecule has 1 atom stereocenters. The lowest BCUT2D eigenvalue weighted by Gasteiger charge is -2.32. The van der Waals surface area contributed by atoms with Gasteiger partial charge in [-0.15, -0.1) is 0 Å². The Bertz CT molecular complexity index is 1200. The Labute approximate surface area is 225 Å². The number of rotatable bonds is 12. The molecule has 0 aliphatic heterocycles. The third-order valence-electron chi connectivity index (χ3n) is 6.51. The molecule has 0 fully saturated rings. The highest BCUT2D eigenvalue weighted by atomic mass is 35.5. The minimum atomic E-state index is -0.716. The van der Waals surface area contributed by atoms with Gasteiger partial charge in [-0.05, 0) is 67.1 Å². The van der Waals surface area contributed by atoms with Gasteiger partial charge in [-0.1, -0.05) is 79.5 Å². The number of nitrogens with zero attached hydrogens (tertiary/aromatic N) is 1. The Balaban J connectivity index is 1.93. The van der Waals surface area contributed by atoms with Crippen molar-refractivity contribution < 1.29 is 14.3 Å². The second kappa shape index (κ2) is 13.8. The van der Waals surface area contributed by atoms with Gasteiger partial charge in [0.25, 0.3) is 5.91 Å². The highest BCUT2D eigenvalue weighted by Crippen LogP contribution is 2.24. The number of hydrogen-bond donors (Lipinski definition) is 1. The van der Waals surface area contributed by atoms with Crippen molar-refractivity contribution in [2.75, 3.05) is 13.2 Å². The number of ether oxygens (including phenoxy) is 1. The maximum Gasteiger partial charge on any atom is 0.261 e. The van der Waals surface area contributed by atoms with Crippen LogP contribution in [0, 0.1) is 20.8 Å². The van der Waals surface area contributed by atoms with Crippen molar-refractivity contribution in [1.82, 2.24) is 10.2 Å². The van der Waals surface area contributed by atoms with Crippen LogP contribution in [0.3, 0.4) is 0 Å². The van der Waals surface area contributed by atoms with E-state index in [0.717, 1.165) is 40.7 Å². The van der Waals surface area contributed by atoms with Crippen molar-refractivity contribution in [3.05, 3.63) is 99.6 Å². The van der Waals surface area contributed by atoms with Gasteiger partial charge in [-0.3, -0.25) is 9.59 Å². The minimum Gasteiger partial charge on any atom is -0.483 e.